The summed E-state index contributed by atoms with van der Waals surface area (Å²) in [6, 6.07) is 8.34. The summed E-state index contributed by atoms with van der Waals surface area (Å²) < 4.78 is 5.77. The van der Waals surface area contributed by atoms with Crippen LogP contribution in [0.1, 0.15) is 52.0 Å². The van der Waals surface area contributed by atoms with Crippen molar-refractivity contribution in [3.8, 4) is 5.75 Å². The summed E-state index contributed by atoms with van der Waals surface area (Å²) in [5.74, 6) is 1.49. The van der Waals surface area contributed by atoms with Crippen molar-refractivity contribution in [1.29, 1.82) is 0 Å². The van der Waals surface area contributed by atoms with E-state index < -0.39 is 0 Å². The fourth-order valence-electron chi connectivity index (χ4n) is 2.17. The monoisotopic (exact) mass is 279 g/mol. The third kappa shape index (κ3) is 5.14. The van der Waals surface area contributed by atoms with E-state index in [0.717, 1.165) is 25.1 Å². The van der Waals surface area contributed by atoms with Gasteiger partial charge in [-0.15, -0.1) is 0 Å². The summed E-state index contributed by atoms with van der Waals surface area (Å²) in [5.41, 5.74) is 1.10. The summed E-state index contributed by atoms with van der Waals surface area (Å²) in [6.45, 7) is 10.1. The molecule has 0 saturated heterocycles. The van der Waals surface area contributed by atoms with Crippen LogP contribution < -0.4 is 10.1 Å². The number of likely N-dealkylation sites (N-methyl/N-ethyl adjacent to an activating group) is 1. The van der Waals surface area contributed by atoms with Crippen LogP contribution in [0.25, 0.3) is 0 Å². The highest BCUT2D eigenvalue weighted by Crippen LogP contribution is 2.21. The van der Waals surface area contributed by atoms with Crippen LogP contribution in [-0.2, 0) is 0 Å². The quantitative estimate of drug-likeness (QED) is 0.728. The number of aliphatic hydroxyl groups excluding tert-OH is 1. The fraction of sp³-hybridized carbons (Fsp3) is 0.647. The molecule has 1 rings (SSSR count). The predicted octanol–water partition coefficient (Wildman–Crippen LogP) is 3.33. The number of benzene rings is 1. The second-order valence-electron chi connectivity index (χ2n) is 5.73. The van der Waals surface area contributed by atoms with Gasteiger partial charge >= 0.3 is 0 Å². The molecule has 3 nitrogen and oxygen atoms in total. The van der Waals surface area contributed by atoms with Gasteiger partial charge in [-0.3, -0.25) is 0 Å². The zero-order valence-corrected chi connectivity index (χ0v) is 13.3. The topological polar surface area (TPSA) is 41.5 Å². The van der Waals surface area contributed by atoms with Crippen molar-refractivity contribution in [2.45, 2.75) is 52.0 Å². The molecule has 0 saturated carbocycles. The van der Waals surface area contributed by atoms with Crippen molar-refractivity contribution < 1.29 is 9.84 Å². The first-order valence-electron chi connectivity index (χ1n) is 7.63. The Kier molecular flexibility index (Phi) is 7.03. The number of aliphatic hydroxyl groups is 1. The Balaban J connectivity index is 2.46. The molecule has 0 spiro atoms. The Labute approximate surface area is 123 Å². The molecular formula is C17H29NO2. The Morgan fingerprint density at radius 2 is 1.90 bits per heavy atom. The number of hydrogen-bond acceptors (Lipinski definition) is 3. The first-order chi connectivity index (χ1) is 9.54. The van der Waals surface area contributed by atoms with E-state index in [1.165, 1.54) is 5.56 Å². The third-order valence-corrected chi connectivity index (χ3v) is 3.94. The maximum Gasteiger partial charge on any atom is 0.119 e. The van der Waals surface area contributed by atoms with E-state index in [9.17, 15) is 5.11 Å². The highest BCUT2D eigenvalue weighted by molar-refractivity contribution is 5.29. The molecule has 1 aromatic rings. The molecule has 2 N–H and O–H groups in total. The Bertz CT molecular complexity index is 377. The van der Waals surface area contributed by atoms with Crippen LogP contribution in [0.4, 0.5) is 0 Å². The molecule has 1 aromatic carbocycles. The van der Waals surface area contributed by atoms with Crippen molar-refractivity contribution in [2.24, 2.45) is 0 Å². The highest BCUT2D eigenvalue weighted by atomic mass is 16.5. The Hall–Kier alpha value is -1.06. The van der Waals surface area contributed by atoms with Crippen LogP contribution in [0.5, 0.6) is 5.75 Å². The normalized spacial score (nSPS) is 15.7. The van der Waals surface area contributed by atoms with Gasteiger partial charge in [0.25, 0.3) is 0 Å². The van der Waals surface area contributed by atoms with E-state index in [4.69, 9.17) is 4.74 Å². The summed E-state index contributed by atoms with van der Waals surface area (Å²) in [6.07, 6.45) is 1.93. The lowest BCUT2D eigenvalue weighted by Gasteiger charge is -2.28. The lowest BCUT2D eigenvalue weighted by atomic mass is 9.99. The molecule has 0 fully saturated rings. The second-order valence-corrected chi connectivity index (χ2v) is 5.73. The molecule has 3 heteroatoms. The van der Waals surface area contributed by atoms with Crippen LogP contribution in [0, 0.1) is 0 Å². The van der Waals surface area contributed by atoms with E-state index in [1.54, 1.807) is 0 Å². The molecule has 0 amide bonds. The maximum atomic E-state index is 9.42. The summed E-state index contributed by atoms with van der Waals surface area (Å²) in [5, 5.41) is 12.7. The SMILES string of the molecule is CCNC(C)(CO)CCOc1ccc(C(C)CC)cc1. The van der Waals surface area contributed by atoms with Gasteiger partial charge in [-0.1, -0.05) is 32.9 Å². The van der Waals surface area contributed by atoms with Gasteiger partial charge in [0, 0.05) is 12.0 Å². The van der Waals surface area contributed by atoms with E-state index in [0.29, 0.717) is 12.5 Å². The Morgan fingerprint density at radius 3 is 2.40 bits per heavy atom. The average Bonchev–Trinajstić information content (AvgIpc) is 2.47. The molecule has 0 heterocycles. The van der Waals surface area contributed by atoms with Gasteiger partial charge in [-0.25, -0.2) is 0 Å². The maximum absolute atomic E-state index is 9.42. The van der Waals surface area contributed by atoms with Crippen LogP contribution >= 0.6 is 0 Å². The molecule has 0 aliphatic heterocycles. The van der Waals surface area contributed by atoms with Crippen molar-refractivity contribution in [3.05, 3.63) is 29.8 Å². The standard InChI is InChI=1S/C17H29NO2/c1-5-14(3)15-7-9-16(10-8-15)20-12-11-17(4,13-19)18-6-2/h7-10,14,18-19H,5-6,11-13H2,1-4H3. The van der Waals surface area contributed by atoms with Gasteiger partial charge < -0.3 is 15.2 Å². The highest BCUT2D eigenvalue weighted by Gasteiger charge is 2.21. The summed E-state index contributed by atoms with van der Waals surface area (Å²) >= 11 is 0. The first kappa shape index (κ1) is 17.0. The van der Waals surface area contributed by atoms with Crippen LogP contribution in [0.2, 0.25) is 0 Å². The van der Waals surface area contributed by atoms with E-state index in [-0.39, 0.29) is 12.1 Å². The van der Waals surface area contributed by atoms with Crippen LogP contribution in [-0.4, -0.2) is 30.4 Å². The van der Waals surface area contributed by atoms with Crippen molar-refractivity contribution in [3.63, 3.8) is 0 Å². The number of ether oxygens (including phenoxy) is 1. The molecule has 2 unspecified atom stereocenters. The van der Waals surface area contributed by atoms with Gasteiger partial charge in [-0.2, -0.15) is 0 Å². The van der Waals surface area contributed by atoms with E-state index in [2.05, 4.69) is 31.3 Å². The molecule has 2 atom stereocenters. The molecule has 0 bridgehead atoms. The van der Waals surface area contributed by atoms with Crippen LogP contribution in [0.15, 0.2) is 24.3 Å². The zero-order chi connectivity index (χ0) is 15.0. The molecule has 114 valence electrons. The summed E-state index contributed by atoms with van der Waals surface area (Å²) in [7, 11) is 0. The minimum Gasteiger partial charge on any atom is -0.494 e. The van der Waals surface area contributed by atoms with E-state index in [1.807, 2.05) is 26.0 Å². The van der Waals surface area contributed by atoms with Crippen LogP contribution in [0.3, 0.4) is 0 Å². The number of hydrogen-bond donors (Lipinski definition) is 2. The lowest BCUT2D eigenvalue weighted by Crippen LogP contribution is -2.46. The van der Waals surface area contributed by atoms with Gasteiger partial charge in [0.2, 0.25) is 0 Å². The minimum atomic E-state index is -0.259. The Morgan fingerprint density at radius 1 is 1.25 bits per heavy atom. The zero-order valence-electron chi connectivity index (χ0n) is 13.3. The molecule has 0 aliphatic carbocycles. The average molecular weight is 279 g/mol. The van der Waals surface area contributed by atoms with Gasteiger partial charge in [0.1, 0.15) is 5.75 Å². The minimum absolute atomic E-state index is 0.122. The predicted molar refractivity (Wildman–Crippen MR) is 84.4 cm³/mol. The largest absolute Gasteiger partial charge is 0.494 e. The van der Waals surface area contributed by atoms with E-state index >= 15 is 0 Å². The first-order valence-corrected chi connectivity index (χ1v) is 7.63. The third-order valence-electron chi connectivity index (χ3n) is 3.94. The molecule has 0 radical (unpaired) electrons. The van der Waals surface area contributed by atoms with Crippen molar-refractivity contribution in [1.82, 2.24) is 5.32 Å². The molecule has 20 heavy (non-hydrogen) atoms. The van der Waals surface area contributed by atoms with Gasteiger partial charge in [-0.05, 0) is 43.5 Å². The van der Waals surface area contributed by atoms with Gasteiger partial charge in [0.05, 0.1) is 13.2 Å². The van der Waals surface area contributed by atoms with Crippen molar-refractivity contribution >= 4 is 0 Å². The smallest absolute Gasteiger partial charge is 0.119 e. The summed E-state index contributed by atoms with van der Waals surface area (Å²) in [4.78, 5) is 0. The number of nitrogens with one attached hydrogen (secondary N) is 1. The molecular weight excluding hydrogens is 250 g/mol. The van der Waals surface area contributed by atoms with Gasteiger partial charge in [0.15, 0.2) is 0 Å². The second kappa shape index (κ2) is 8.28. The molecule has 0 aromatic heterocycles. The number of rotatable bonds is 9. The fourth-order valence-corrected chi connectivity index (χ4v) is 2.17. The van der Waals surface area contributed by atoms with Crippen molar-refractivity contribution in [2.75, 3.05) is 19.8 Å². The molecule has 0 aliphatic rings. The lowest BCUT2D eigenvalue weighted by molar-refractivity contribution is 0.146.